The number of thiol groups is 1. The zero-order valence-electron chi connectivity index (χ0n) is 7.85. The summed E-state index contributed by atoms with van der Waals surface area (Å²) in [5.74, 6) is 1.63. The second kappa shape index (κ2) is 5.09. The molecule has 0 bridgehead atoms. The number of hydrogen-bond donors (Lipinski definition) is 1. The van der Waals surface area contributed by atoms with Crippen LogP contribution in [0.4, 0.5) is 0 Å². The number of rotatable bonds is 3. The van der Waals surface area contributed by atoms with Crippen LogP contribution < -0.4 is 0 Å². The van der Waals surface area contributed by atoms with E-state index in [1.807, 2.05) is 12.1 Å². The summed E-state index contributed by atoms with van der Waals surface area (Å²) in [6.45, 7) is 0. The summed E-state index contributed by atoms with van der Waals surface area (Å²) >= 11 is 9.29. The third kappa shape index (κ3) is 2.80. The van der Waals surface area contributed by atoms with Crippen molar-refractivity contribution in [2.75, 3.05) is 5.75 Å². The third-order valence-electron chi connectivity index (χ3n) is 1.87. The lowest BCUT2D eigenvalue weighted by Gasteiger charge is -1.99. The molecule has 0 aliphatic heterocycles. The van der Waals surface area contributed by atoms with E-state index in [9.17, 15) is 0 Å². The number of hydrogen-bond acceptors (Lipinski definition) is 4. The van der Waals surface area contributed by atoms with Crippen molar-refractivity contribution in [2.45, 2.75) is 6.42 Å². The molecule has 0 aromatic carbocycles. The average molecular weight is 301 g/mol. The second-order valence-corrected chi connectivity index (χ2v) is 5.85. The van der Waals surface area contributed by atoms with Gasteiger partial charge in [-0.15, -0.1) is 11.3 Å². The minimum absolute atomic E-state index is 0.775. The zero-order valence-corrected chi connectivity index (χ0v) is 11.1. The predicted octanol–water partition coefficient (Wildman–Crippen LogP) is 3.44. The molecular formula is C10H9BrN2S2. The average Bonchev–Trinajstić information content (AvgIpc) is 2.66. The highest BCUT2D eigenvalue weighted by Gasteiger charge is 2.04. The van der Waals surface area contributed by atoms with Crippen molar-refractivity contribution in [3.05, 3.63) is 34.0 Å². The Morgan fingerprint density at radius 1 is 1.33 bits per heavy atom. The van der Waals surface area contributed by atoms with Gasteiger partial charge in [-0.05, 0) is 39.9 Å². The maximum atomic E-state index is 4.48. The van der Waals surface area contributed by atoms with Crippen LogP contribution in [0.1, 0.15) is 5.82 Å². The summed E-state index contributed by atoms with van der Waals surface area (Å²) in [6.07, 6.45) is 2.61. The Kier molecular flexibility index (Phi) is 3.77. The first-order valence-corrected chi connectivity index (χ1v) is 6.72. The van der Waals surface area contributed by atoms with Crippen molar-refractivity contribution < 1.29 is 0 Å². The van der Waals surface area contributed by atoms with E-state index in [0.717, 1.165) is 32.4 Å². The standard InChI is InChI=1S/C10H9BrN2S2/c11-9-2-1-8(15-9)7-3-5-12-10(13-7)4-6-14/h1-3,5,14H,4,6H2. The van der Waals surface area contributed by atoms with Crippen LogP contribution in [0.5, 0.6) is 0 Å². The summed E-state index contributed by atoms with van der Waals surface area (Å²) in [5, 5.41) is 0. The van der Waals surface area contributed by atoms with E-state index in [-0.39, 0.29) is 0 Å². The fourth-order valence-corrected chi connectivity index (χ4v) is 2.76. The van der Waals surface area contributed by atoms with Gasteiger partial charge in [0.1, 0.15) is 5.82 Å². The number of aryl methyl sites for hydroxylation is 1. The highest BCUT2D eigenvalue weighted by Crippen LogP contribution is 2.29. The van der Waals surface area contributed by atoms with Gasteiger partial charge in [0, 0.05) is 12.6 Å². The lowest BCUT2D eigenvalue weighted by atomic mass is 10.3. The van der Waals surface area contributed by atoms with E-state index < -0.39 is 0 Å². The first-order valence-electron chi connectivity index (χ1n) is 4.48. The molecule has 0 unspecified atom stereocenters. The fraction of sp³-hybridized carbons (Fsp3) is 0.200. The lowest BCUT2D eigenvalue weighted by Crippen LogP contribution is -1.96. The molecule has 0 fully saturated rings. The minimum atomic E-state index is 0.775. The summed E-state index contributed by atoms with van der Waals surface area (Å²) in [6, 6.07) is 6.02. The molecule has 0 radical (unpaired) electrons. The first-order chi connectivity index (χ1) is 7.29. The zero-order chi connectivity index (χ0) is 10.7. The molecular weight excluding hydrogens is 292 g/mol. The van der Waals surface area contributed by atoms with Gasteiger partial charge in [0.15, 0.2) is 0 Å². The molecule has 2 heterocycles. The number of thiophene rings is 1. The molecule has 0 N–H and O–H groups in total. The Bertz CT molecular complexity index is 456. The molecule has 0 aliphatic carbocycles. The van der Waals surface area contributed by atoms with Gasteiger partial charge in [-0.25, -0.2) is 9.97 Å². The van der Waals surface area contributed by atoms with Gasteiger partial charge in [0.05, 0.1) is 14.4 Å². The molecule has 2 rings (SSSR count). The van der Waals surface area contributed by atoms with Gasteiger partial charge >= 0.3 is 0 Å². The van der Waals surface area contributed by atoms with E-state index in [4.69, 9.17) is 0 Å². The van der Waals surface area contributed by atoms with E-state index in [2.05, 4.69) is 44.6 Å². The maximum Gasteiger partial charge on any atom is 0.129 e. The van der Waals surface area contributed by atoms with Crippen LogP contribution in [-0.2, 0) is 6.42 Å². The molecule has 15 heavy (non-hydrogen) atoms. The molecule has 0 saturated carbocycles. The summed E-state index contributed by atoms with van der Waals surface area (Å²) in [4.78, 5) is 9.83. The normalized spacial score (nSPS) is 10.5. The number of aromatic nitrogens is 2. The summed E-state index contributed by atoms with van der Waals surface area (Å²) < 4.78 is 1.12. The van der Waals surface area contributed by atoms with Crippen LogP contribution in [0.15, 0.2) is 28.2 Å². The van der Waals surface area contributed by atoms with Crippen LogP contribution in [0.25, 0.3) is 10.6 Å². The Morgan fingerprint density at radius 3 is 2.87 bits per heavy atom. The maximum absolute atomic E-state index is 4.48. The fourth-order valence-electron chi connectivity index (χ4n) is 1.21. The van der Waals surface area contributed by atoms with Gasteiger partial charge in [-0.3, -0.25) is 0 Å². The first kappa shape index (κ1) is 11.1. The largest absolute Gasteiger partial charge is 0.241 e. The molecule has 2 nitrogen and oxygen atoms in total. The Labute approximate surface area is 106 Å². The molecule has 0 amide bonds. The Morgan fingerprint density at radius 2 is 2.20 bits per heavy atom. The van der Waals surface area contributed by atoms with Crippen molar-refractivity contribution in [3.8, 4) is 10.6 Å². The Hall–Kier alpha value is -0.390. The second-order valence-electron chi connectivity index (χ2n) is 2.94. The monoisotopic (exact) mass is 300 g/mol. The van der Waals surface area contributed by atoms with E-state index in [1.165, 1.54) is 0 Å². The molecule has 0 spiro atoms. The molecule has 0 aliphatic rings. The summed E-state index contributed by atoms with van der Waals surface area (Å²) in [7, 11) is 0. The van der Waals surface area contributed by atoms with E-state index in [1.54, 1.807) is 17.5 Å². The highest BCUT2D eigenvalue weighted by atomic mass is 79.9. The molecule has 0 atom stereocenters. The molecule has 78 valence electrons. The number of halogens is 1. The van der Waals surface area contributed by atoms with Crippen molar-refractivity contribution in [1.29, 1.82) is 0 Å². The SMILES string of the molecule is SCCc1nccc(-c2ccc(Br)s2)n1. The van der Waals surface area contributed by atoms with Gasteiger partial charge in [0.2, 0.25) is 0 Å². The van der Waals surface area contributed by atoms with Crippen LogP contribution in [0.3, 0.4) is 0 Å². The van der Waals surface area contributed by atoms with Crippen LogP contribution >= 0.6 is 39.9 Å². The molecule has 2 aromatic rings. The Balaban J connectivity index is 2.32. The van der Waals surface area contributed by atoms with Crippen LogP contribution in [0.2, 0.25) is 0 Å². The van der Waals surface area contributed by atoms with Crippen molar-refractivity contribution >= 4 is 39.9 Å². The van der Waals surface area contributed by atoms with Gasteiger partial charge in [0.25, 0.3) is 0 Å². The summed E-state index contributed by atoms with van der Waals surface area (Å²) in [5.41, 5.74) is 0.984. The predicted molar refractivity (Wildman–Crippen MR) is 70.6 cm³/mol. The van der Waals surface area contributed by atoms with Gasteiger partial charge in [-0.2, -0.15) is 12.6 Å². The lowest BCUT2D eigenvalue weighted by molar-refractivity contribution is 0.954. The van der Waals surface area contributed by atoms with Gasteiger partial charge < -0.3 is 0 Å². The van der Waals surface area contributed by atoms with Crippen molar-refractivity contribution in [2.24, 2.45) is 0 Å². The third-order valence-corrected chi connectivity index (χ3v) is 3.74. The molecule has 5 heteroatoms. The highest BCUT2D eigenvalue weighted by molar-refractivity contribution is 9.11. The number of nitrogens with zero attached hydrogens (tertiary/aromatic N) is 2. The topological polar surface area (TPSA) is 25.8 Å². The van der Waals surface area contributed by atoms with E-state index >= 15 is 0 Å². The van der Waals surface area contributed by atoms with E-state index in [0.29, 0.717) is 0 Å². The minimum Gasteiger partial charge on any atom is -0.241 e. The van der Waals surface area contributed by atoms with Crippen molar-refractivity contribution in [3.63, 3.8) is 0 Å². The van der Waals surface area contributed by atoms with Crippen LogP contribution in [0, 0.1) is 0 Å². The molecule has 0 saturated heterocycles. The quantitative estimate of drug-likeness (QED) is 0.879. The van der Waals surface area contributed by atoms with Crippen LogP contribution in [-0.4, -0.2) is 15.7 Å². The van der Waals surface area contributed by atoms with Gasteiger partial charge in [-0.1, -0.05) is 0 Å². The van der Waals surface area contributed by atoms with Crippen molar-refractivity contribution in [1.82, 2.24) is 9.97 Å². The molecule has 2 aromatic heterocycles. The smallest absolute Gasteiger partial charge is 0.129 e.